The first kappa shape index (κ1) is 19.8. The summed E-state index contributed by atoms with van der Waals surface area (Å²) in [6, 6.07) is 13.5. The molecular formula is C21H23ClN4O2. The standard InChI is InChI=1S/C21H23ClN4O2/c1-13(2)24-20(27)19(10-14-12-23-18-9-4-3-8-17(14)18)26-21(28)25-16-7-5-6-15(22)11-16/h3-9,11-13,19,23H,10H2,1-2H3,(H,24,27)(H2,25,26,28)/t19-/m0/s1. The number of amides is 3. The minimum atomic E-state index is -0.721. The number of urea groups is 1. The van der Waals surface area contributed by atoms with E-state index in [2.05, 4.69) is 20.9 Å². The number of hydrogen-bond acceptors (Lipinski definition) is 2. The Hall–Kier alpha value is -2.99. The number of hydrogen-bond donors (Lipinski definition) is 4. The predicted molar refractivity (Wildman–Crippen MR) is 113 cm³/mol. The number of halogens is 1. The summed E-state index contributed by atoms with van der Waals surface area (Å²) in [6.07, 6.45) is 2.24. The molecule has 3 rings (SSSR count). The number of fused-ring (bicyclic) bond motifs is 1. The Labute approximate surface area is 168 Å². The molecule has 4 N–H and O–H groups in total. The fraction of sp³-hybridized carbons (Fsp3) is 0.238. The summed E-state index contributed by atoms with van der Waals surface area (Å²) in [4.78, 5) is 28.3. The van der Waals surface area contributed by atoms with Crippen molar-refractivity contribution in [2.24, 2.45) is 0 Å². The molecule has 0 saturated carbocycles. The van der Waals surface area contributed by atoms with Gasteiger partial charge < -0.3 is 20.9 Å². The lowest BCUT2D eigenvalue weighted by atomic mass is 10.0. The van der Waals surface area contributed by atoms with E-state index in [-0.39, 0.29) is 11.9 Å². The van der Waals surface area contributed by atoms with Gasteiger partial charge in [-0.25, -0.2) is 4.79 Å². The lowest BCUT2D eigenvalue weighted by Gasteiger charge is -2.20. The summed E-state index contributed by atoms with van der Waals surface area (Å²) in [5.74, 6) is -0.235. The number of anilines is 1. The molecule has 0 aliphatic heterocycles. The van der Waals surface area contributed by atoms with E-state index in [9.17, 15) is 9.59 Å². The molecule has 1 atom stereocenters. The third kappa shape index (κ3) is 5.04. The molecule has 0 aliphatic rings. The van der Waals surface area contributed by atoms with Gasteiger partial charge in [0.2, 0.25) is 5.91 Å². The lowest BCUT2D eigenvalue weighted by molar-refractivity contribution is -0.123. The minimum Gasteiger partial charge on any atom is -0.361 e. The molecule has 0 radical (unpaired) electrons. The lowest BCUT2D eigenvalue weighted by Crippen LogP contribution is -2.50. The third-order valence-electron chi connectivity index (χ3n) is 4.23. The predicted octanol–water partition coefficient (Wildman–Crippen LogP) is 4.08. The summed E-state index contributed by atoms with van der Waals surface area (Å²) in [6.45, 7) is 3.76. The summed E-state index contributed by atoms with van der Waals surface area (Å²) < 4.78 is 0. The maximum absolute atomic E-state index is 12.7. The fourth-order valence-electron chi connectivity index (χ4n) is 3.01. The number of carbonyl (C=O) groups excluding carboxylic acids is 2. The highest BCUT2D eigenvalue weighted by Crippen LogP contribution is 2.19. The van der Waals surface area contributed by atoms with Gasteiger partial charge in [0, 0.05) is 40.3 Å². The van der Waals surface area contributed by atoms with Crippen molar-refractivity contribution in [3.05, 3.63) is 65.3 Å². The zero-order valence-electron chi connectivity index (χ0n) is 15.8. The Morgan fingerprint density at radius 2 is 1.86 bits per heavy atom. The van der Waals surface area contributed by atoms with Gasteiger partial charge in [-0.05, 0) is 43.7 Å². The highest BCUT2D eigenvalue weighted by atomic mass is 35.5. The monoisotopic (exact) mass is 398 g/mol. The molecule has 7 heteroatoms. The number of carbonyl (C=O) groups is 2. The maximum Gasteiger partial charge on any atom is 0.319 e. The van der Waals surface area contributed by atoms with Gasteiger partial charge in [0.1, 0.15) is 6.04 Å². The van der Waals surface area contributed by atoms with Gasteiger partial charge >= 0.3 is 6.03 Å². The van der Waals surface area contributed by atoms with Crippen LogP contribution in [0.1, 0.15) is 19.4 Å². The van der Waals surface area contributed by atoms with E-state index in [4.69, 9.17) is 11.6 Å². The number of nitrogens with one attached hydrogen (secondary N) is 4. The fourth-order valence-corrected chi connectivity index (χ4v) is 3.20. The van der Waals surface area contributed by atoms with Crippen LogP contribution in [0.3, 0.4) is 0 Å². The van der Waals surface area contributed by atoms with E-state index in [0.29, 0.717) is 17.1 Å². The first-order chi connectivity index (χ1) is 13.4. The van der Waals surface area contributed by atoms with Crippen molar-refractivity contribution in [3.8, 4) is 0 Å². The van der Waals surface area contributed by atoms with E-state index in [1.165, 1.54) is 0 Å². The molecular weight excluding hydrogens is 376 g/mol. The maximum atomic E-state index is 12.7. The molecule has 0 spiro atoms. The highest BCUT2D eigenvalue weighted by molar-refractivity contribution is 6.30. The average molecular weight is 399 g/mol. The highest BCUT2D eigenvalue weighted by Gasteiger charge is 2.23. The number of aromatic nitrogens is 1. The van der Waals surface area contributed by atoms with Crippen LogP contribution >= 0.6 is 11.6 Å². The van der Waals surface area contributed by atoms with Gasteiger partial charge in [-0.1, -0.05) is 35.9 Å². The van der Waals surface area contributed by atoms with E-state index >= 15 is 0 Å². The van der Waals surface area contributed by atoms with Crippen molar-refractivity contribution in [1.82, 2.24) is 15.6 Å². The first-order valence-corrected chi connectivity index (χ1v) is 9.48. The Morgan fingerprint density at radius 3 is 2.61 bits per heavy atom. The Kier molecular flexibility index (Phi) is 6.21. The van der Waals surface area contributed by atoms with Gasteiger partial charge in [-0.2, -0.15) is 0 Å². The molecule has 1 heterocycles. The molecule has 28 heavy (non-hydrogen) atoms. The van der Waals surface area contributed by atoms with Crippen LogP contribution in [0.5, 0.6) is 0 Å². The van der Waals surface area contributed by atoms with Gasteiger partial charge in [0.05, 0.1) is 0 Å². The van der Waals surface area contributed by atoms with Crippen molar-refractivity contribution in [2.75, 3.05) is 5.32 Å². The van der Waals surface area contributed by atoms with Gasteiger partial charge in [0.25, 0.3) is 0 Å². The second-order valence-electron chi connectivity index (χ2n) is 6.89. The number of rotatable bonds is 6. The zero-order chi connectivity index (χ0) is 20.1. The van der Waals surface area contributed by atoms with E-state index in [1.54, 1.807) is 24.3 Å². The van der Waals surface area contributed by atoms with Crippen molar-refractivity contribution in [1.29, 1.82) is 0 Å². The topological polar surface area (TPSA) is 86.0 Å². The van der Waals surface area contributed by atoms with Crippen LogP contribution in [0.15, 0.2) is 54.7 Å². The molecule has 146 valence electrons. The van der Waals surface area contributed by atoms with Crippen molar-refractivity contribution >= 4 is 40.1 Å². The second kappa shape index (κ2) is 8.80. The van der Waals surface area contributed by atoms with Crippen LogP contribution in [-0.4, -0.2) is 29.0 Å². The SMILES string of the molecule is CC(C)NC(=O)[C@H](Cc1c[nH]c2ccccc12)NC(=O)Nc1cccc(Cl)c1. The van der Waals surface area contributed by atoms with Gasteiger partial charge in [-0.15, -0.1) is 0 Å². The quantitative estimate of drug-likeness (QED) is 0.504. The summed E-state index contributed by atoms with van der Waals surface area (Å²) >= 11 is 5.95. The number of aromatic amines is 1. The largest absolute Gasteiger partial charge is 0.361 e. The Bertz CT molecular complexity index is 983. The van der Waals surface area contributed by atoms with Crippen LogP contribution in [0.4, 0.5) is 10.5 Å². The summed E-state index contributed by atoms with van der Waals surface area (Å²) in [5, 5.41) is 9.91. The van der Waals surface area contributed by atoms with E-state index in [1.807, 2.05) is 44.3 Å². The molecule has 0 aliphatic carbocycles. The molecule has 1 aromatic heterocycles. The minimum absolute atomic E-state index is 0.0317. The average Bonchev–Trinajstić information content (AvgIpc) is 3.03. The molecule has 0 unspecified atom stereocenters. The normalized spacial score (nSPS) is 12.0. The zero-order valence-corrected chi connectivity index (χ0v) is 16.5. The van der Waals surface area contributed by atoms with E-state index in [0.717, 1.165) is 16.5 Å². The molecule has 0 bridgehead atoms. The van der Waals surface area contributed by atoms with Gasteiger partial charge in [0.15, 0.2) is 0 Å². The van der Waals surface area contributed by atoms with Crippen molar-refractivity contribution in [3.63, 3.8) is 0 Å². The molecule has 3 amide bonds. The first-order valence-electron chi connectivity index (χ1n) is 9.11. The molecule has 0 saturated heterocycles. The number of benzene rings is 2. The number of H-pyrrole nitrogens is 1. The summed E-state index contributed by atoms with van der Waals surface area (Å²) in [7, 11) is 0. The second-order valence-corrected chi connectivity index (χ2v) is 7.32. The Morgan fingerprint density at radius 1 is 1.07 bits per heavy atom. The van der Waals surface area contributed by atoms with Crippen molar-refractivity contribution < 1.29 is 9.59 Å². The van der Waals surface area contributed by atoms with Crippen LogP contribution in [0.25, 0.3) is 10.9 Å². The molecule has 0 fully saturated rings. The number of para-hydroxylation sites is 1. The summed E-state index contributed by atoms with van der Waals surface area (Å²) in [5.41, 5.74) is 2.51. The van der Waals surface area contributed by atoms with Crippen LogP contribution in [-0.2, 0) is 11.2 Å². The smallest absolute Gasteiger partial charge is 0.319 e. The molecule has 3 aromatic rings. The van der Waals surface area contributed by atoms with Crippen LogP contribution in [0.2, 0.25) is 5.02 Å². The van der Waals surface area contributed by atoms with Crippen LogP contribution < -0.4 is 16.0 Å². The van der Waals surface area contributed by atoms with Crippen LogP contribution in [0, 0.1) is 0 Å². The molecule has 2 aromatic carbocycles. The third-order valence-corrected chi connectivity index (χ3v) is 4.47. The van der Waals surface area contributed by atoms with Gasteiger partial charge in [-0.3, -0.25) is 4.79 Å². The van der Waals surface area contributed by atoms with E-state index < -0.39 is 12.1 Å². The Balaban J connectivity index is 1.76. The molecule has 6 nitrogen and oxygen atoms in total. The van der Waals surface area contributed by atoms with Crippen molar-refractivity contribution in [2.45, 2.75) is 32.4 Å².